The minimum absolute atomic E-state index is 0.178. The Morgan fingerprint density at radius 2 is 1.44 bits per heavy atom. The van der Waals surface area contributed by atoms with Gasteiger partial charge in [0.25, 0.3) is 0 Å². The molecule has 0 fully saturated rings. The van der Waals surface area contributed by atoms with Gasteiger partial charge in [0.15, 0.2) is 0 Å². The minimum Gasteiger partial charge on any atom is -0.456 e. The number of rotatable bonds is 5. The molecule has 0 bridgehead atoms. The van der Waals surface area contributed by atoms with E-state index in [-0.39, 0.29) is 6.04 Å². The van der Waals surface area contributed by atoms with Crippen molar-refractivity contribution in [3.8, 4) is 0 Å². The first-order valence-corrected chi connectivity index (χ1v) is 19.5. The Balaban J connectivity index is 1.02. The zero-order valence-electron chi connectivity index (χ0n) is 28.8. The predicted molar refractivity (Wildman–Crippen MR) is 215 cm³/mol. The number of allylic oxidation sites excluding steroid dienone is 4. The van der Waals surface area contributed by atoms with Crippen LogP contribution >= 0.6 is 11.3 Å². The topological polar surface area (TPSA) is 29.5 Å². The van der Waals surface area contributed by atoms with Crippen LogP contribution in [0, 0.1) is 0 Å². The van der Waals surface area contributed by atoms with E-state index >= 15 is 0 Å². The van der Waals surface area contributed by atoms with Gasteiger partial charge in [-0.3, -0.25) is 0 Å². The van der Waals surface area contributed by atoms with Crippen LogP contribution in [0.2, 0.25) is 0 Å². The first-order chi connectivity index (χ1) is 25.8. The average Bonchev–Trinajstić information content (AvgIpc) is 3.90. The lowest BCUT2D eigenvalue weighted by Crippen LogP contribution is -2.41. The summed E-state index contributed by atoms with van der Waals surface area (Å²) >= 11 is 2.01. The molecule has 7 aromatic rings. The Labute approximate surface area is 306 Å². The van der Waals surface area contributed by atoms with Crippen molar-refractivity contribution in [2.75, 3.05) is 0 Å². The van der Waals surface area contributed by atoms with Crippen molar-refractivity contribution in [2.24, 2.45) is 0 Å². The summed E-state index contributed by atoms with van der Waals surface area (Å²) in [5.74, 6) is 1.29. The van der Waals surface area contributed by atoms with Crippen molar-refractivity contribution >= 4 is 67.7 Å². The quantitative estimate of drug-likeness (QED) is 0.180. The van der Waals surface area contributed by atoms with Gasteiger partial charge in [0.1, 0.15) is 22.5 Å². The number of para-hydroxylation sites is 2. The van der Waals surface area contributed by atoms with Gasteiger partial charge in [-0.2, -0.15) is 0 Å². The molecule has 4 heteroatoms. The molecule has 0 saturated heterocycles. The molecule has 52 heavy (non-hydrogen) atoms. The highest BCUT2D eigenvalue weighted by Crippen LogP contribution is 2.40. The fourth-order valence-electron chi connectivity index (χ4n) is 9.06. The Hall–Kier alpha value is -5.58. The molecule has 0 radical (unpaired) electrons. The van der Waals surface area contributed by atoms with E-state index in [0.717, 1.165) is 61.0 Å². The second kappa shape index (κ2) is 12.0. The molecule has 3 aromatic heterocycles. The molecule has 4 aliphatic carbocycles. The molecule has 0 spiro atoms. The molecule has 252 valence electrons. The monoisotopic (exact) mass is 691 g/mol. The molecule has 2 unspecified atom stereocenters. The van der Waals surface area contributed by atoms with Gasteiger partial charge < -0.3 is 13.7 Å². The van der Waals surface area contributed by atoms with Gasteiger partial charge in [-0.1, -0.05) is 109 Å². The first-order valence-electron chi connectivity index (χ1n) is 18.7. The van der Waals surface area contributed by atoms with E-state index in [1.165, 1.54) is 70.0 Å². The lowest BCUT2D eigenvalue weighted by Gasteiger charge is -2.37. The van der Waals surface area contributed by atoms with Gasteiger partial charge in [-0.05, 0) is 89.9 Å². The molecule has 2 atom stereocenters. The summed E-state index contributed by atoms with van der Waals surface area (Å²) in [6.07, 6.45) is 23.0. The fraction of sp³-hybridized carbons (Fsp3) is 0.167. The maximum atomic E-state index is 6.33. The Kier molecular flexibility index (Phi) is 6.94. The second-order valence-corrected chi connectivity index (χ2v) is 15.5. The molecule has 0 N–H and O–H groups in total. The summed E-state index contributed by atoms with van der Waals surface area (Å²) in [7, 11) is 0. The van der Waals surface area contributed by atoms with Crippen molar-refractivity contribution in [3.63, 3.8) is 0 Å². The Morgan fingerprint density at radius 1 is 0.654 bits per heavy atom. The molecule has 11 rings (SSSR count). The average molecular weight is 692 g/mol. The van der Waals surface area contributed by atoms with Crippen LogP contribution in [0.4, 0.5) is 0 Å². The summed E-state index contributed by atoms with van der Waals surface area (Å²) in [4.78, 5) is 4.14. The van der Waals surface area contributed by atoms with E-state index in [1.807, 2.05) is 17.4 Å². The highest BCUT2D eigenvalue weighted by atomic mass is 32.1. The Morgan fingerprint density at radius 3 is 2.31 bits per heavy atom. The molecule has 3 heterocycles. The molecule has 3 nitrogen and oxygen atoms in total. The van der Waals surface area contributed by atoms with Crippen molar-refractivity contribution in [2.45, 2.75) is 50.5 Å². The van der Waals surface area contributed by atoms with Crippen LogP contribution in [0.3, 0.4) is 0 Å². The lowest BCUT2D eigenvalue weighted by molar-refractivity contribution is 0.399. The van der Waals surface area contributed by atoms with E-state index in [2.05, 4.69) is 138 Å². The van der Waals surface area contributed by atoms with Gasteiger partial charge in [-0.25, -0.2) is 0 Å². The van der Waals surface area contributed by atoms with Crippen molar-refractivity contribution in [1.82, 2.24) is 4.90 Å². The third kappa shape index (κ3) is 4.78. The minimum atomic E-state index is 0.178. The molecular formula is C48H37NO2S. The van der Waals surface area contributed by atoms with Crippen LogP contribution in [0.5, 0.6) is 0 Å². The third-order valence-electron chi connectivity index (χ3n) is 11.5. The number of fused-ring (bicyclic) bond motifs is 9. The van der Waals surface area contributed by atoms with Crippen molar-refractivity contribution in [1.29, 1.82) is 0 Å². The van der Waals surface area contributed by atoms with Gasteiger partial charge in [-0.15, -0.1) is 11.3 Å². The maximum Gasteiger partial charge on any atom is 0.135 e. The van der Waals surface area contributed by atoms with E-state index in [9.17, 15) is 0 Å². The molecule has 4 aliphatic rings. The largest absolute Gasteiger partial charge is 0.456 e. The third-order valence-corrected chi connectivity index (χ3v) is 12.9. The summed E-state index contributed by atoms with van der Waals surface area (Å²) in [5.41, 5.74) is 12.5. The molecule has 4 aromatic carbocycles. The summed E-state index contributed by atoms with van der Waals surface area (Å²) in [6.45, 7) is 0. The number of furan rings is 2. The highest BCUT2D eigenvalue weighted by Gasteiger charge is 2.31. The number of nitrogens with zero attached hydrogens (tertiary/aromatic N) is 1. The van der Waals surface area contributed by atoms with Crippen molar-refractivity contribution < 1.29 is 8.83 Å². The number of hydrogen-bond acceptors (Lipinski definition) is 4. The zero-order chi connectivity index (χ0) is 34.2. The molecular weight excluding hydrogens is 655 g/mol. The zero-order valence-corrected chi connectivity index (χ0v) is 29.7. The van der Waals surface area contributed by atoms with Crippen LogP contribution in [-0.2, 0) is 12.8 Å². The summed E-state index contributed by atoms with van der Waals surface area (Å²) in [6, 6.07) is 34.8. The van der Waals surface area contributed by atoms with E-state index in [1.54, 1.807) is 0 Å². The van der Waals surface area contributed by atoms with Crippen molar-refractivity contribution in [3.05, 3.63) is 176 Å². The predicted octanol–water partition coefficient (Wildman–Crippen LogP) is 11.0. The standard InChI is InChI=1S/C48H37NO2S/c1-2-10-31(11-3-1)35-14-8-15-39-40-16-9-17-42(48(40)52-47(35)39)49(34-25-27-45-41(29-34)37-13-5-7-19-44(37)50-45)33-23-20-30(21-24-33)32-22-26-38-36-12-4-6-18-43(36)51-46(38)28-32/h1-7,10-14,16,18-20,22-28,30,34H,8-9,15,17,21,29H2. The van der Waals surface area contributed by atoms with Crippen LogP contribution in [0.25, 0.3) is 56.3 Å². The Bertz CT molecular complexity index is 2820. The van der Waals surface area contributed by atoms with E-state index in [0.29, 0.717) is 5.92 Å². The van der Waals surface area contributed by atoms with Gasteiger partial charge in [0.2, 0.25) is 0 Å². The summed E-state index contributed by atoms with van der Waals surface area (Å²) < 4.78 is 14.1. The van der Waals surface area contributed by atoms with Gasteiger partial charge in [0.05, 0.1) is 10.6 Å². The van der Waals surface area contributed by atoms with Gasteiger partial charge >= 0.3 is 0 Å². The number of hydrogen-bond donors (Lipinski definition) is 0. The van der Waals surface area contributed by atoms with E-state index in [4.69, 9.17) is 8.83 Å². The SMILES string of the molecule is C1=CC(c2ccc3c(c2)oc2ccccc23)CC=C1N(C1=c2sc3c(c2=CCC1)CCC=C3c1ccccc1)C1C=Cc2oc3ccccc3c2C1. The summed E-state index contributed by atoms with van der Waals surface area (Å²) in [5, 5.41) is 5.06. The molecule has 0 saturated carbocycles. The van der Waals surface area contributed by atoms with Crippen LogP contribution < -0.4 is 9.75 Å². The van der Waals surface area contributed by atoms with E-state index < -0.39 is 0 Å². The van der Waals surface area contributed by atoms with Crippen LogP contribution in [0.15, 0.2) is 142 Å². The first kappa shape index (κ1) is 30.1. The maximum absolute atomic E-state index is 6.33. The molecule has 0 aliphatic heterocycles. The normalized spacial score (nSPS) is 19.3. The second-order valence-electron chi connectivity index (χ2n) is 14.5. The van der Waals surface area contributed by atoms with Crippen LogP contribution in [-0.4, -0.2) is 10.9 Å². The van der Waals surface area contributed by atoms with Gasteiger partial charge in [0, 0.05) is 50.3 Å². The molecule has 0 amide bonds. The number of thiophene rings is 1. The smallest absolute Gasteiger partial charge is 0.135 e. The number of benzene rings is 4. The highest BCUT2D eigenvalue weighted by molar-refractivity contribution is 7.11. The lowest BCUT2D eigenvalue weighted by atomic mass is 9.89. The van der Waals surface area contributed by atoms with Crippen LogP contribution in [0.1, 0.15) is 64.5 Å². The fourth-order valence-corrected chi connectivity index (χ4v) is 10.5.